The first-order valence-corrected chi connectivity index (χ1v) is 6.61. The van der Waals surface area contributed by atoms with Gasteiger partial charge in [0.25, 0.3) is 0 Å². The number of nitrogens with two attached hydrogens (primary N) is 1. The van der Waals surface area contributed by atoms with Crippen LogP contribution in [0.3, 0.4) is 0 Å². The van der Waals surface area contributed by atoms with Crippen molar-refractivity contribution in [3.63, 3.8) is 0 Å². The minimum Gasteiger partial charge on any atom is -0.271 e. The molecule has 17 heavy (non-hydrogen) atoms. The fraction of sp³-hybridized carbons (Fsp3) is 0.833. The van der Waals surface area contributed by atoms with Gasteiger partial charge in [-0.25, -0.2) is 0 Å². The second-order valence-corrected chi connectivity index (χ2v) is 5.11. The molecule has 96 valence electrons. The van der Waals surface area contributed by atoms with Crippen LogP contribution >= 0.6 is 0 Å². The van der Waals surface area contributed by atoms with E-state index >= 15 is 0 Å². The van der Waals surface area contributed by atoms with Crippen LogP contribution in [0.25, 0.3) is 0 Å². The maximum atomic E-state index is 5.70. The number of nitrogens with zero attached hydrogens (tertiary/aromatic N) is 3. The Morgan fingerprint density at radius 2 is 2.12 bits per heavy atom. The van der Waals surface area contributed by atoms with Crippen molar-refractivity contribution in [2.75, 3.05) is 0 Å². The molecule has 5 nitrogen and oxygen atoms in total. The zero-order chi connectivity index (χ0) is 12.1. The zero-order valence-corrected chi connectivity index (χ0v) is 10.6. The molecular weight excluding hydrogens is 214 g/mol. The Morgan fingerprint density at radius 1 is 1.41 bits per heavy atom. The van der Waals surface area contributed by atoms with Gasteiger partial charge in [0.2, 0.25) is 0 Å². The van der Waals surface area contributed by atoms with Gasteiger partial charge in [-0.3, -0.25) is 16.0 Å². The lowest BCUT2D eigenvalue weighted by Crippen LogP contribution is -2.42. The molecule has 0 aromatic carbocycles. The summed E-state index contributed by atoms with van der Waals surface area (Å²) in [4.78, 5) is 0. The molecule has 1 aromatic heterocycles. The van der Waals surface area contributed by atoms with Crippen LogP contribution in [0.4, 0.5) is 0 Å². The Morgan fingerprint density at radius 3 is 2.65 bits per heavy atom. The first kappa shape index (κ1) is 12.5. The van der Waals surface area contributed by atoms with Gasteiger partial charge in [0, 0.05) is 25.7 Å². The van der Waals surface area contributed by atoms with Crippen molar-refractivity contribution in [3.05, 3.63) is 11.9 Å². The molecule has 1 aliphatic carbocycles. The highest BCUT2D eigenvalue weighted by atomic mass is 15.4. The van der Waals surface area contributed by atoms with Crippen LogP contribution in [0.15, 0.2) is 6.20 Å². The molecule has 5 heteroatoms. The van der Waals surface area contributed by atoms with Gasteiger partial charge >= 0.3 is 0 Å². The monoisotopic (exact) mass is 237 g/mol. The average Bonchev–Trinajstić information content (AvgIpc) is 2.58. The summed E-state index contributed by atoms with van der Waals surface area (Å²) in [7, 11) is 1.90. The number of hydrogen-bond acceptors (Lipinski definition) is 4. The highest BCUT2D eigenvalue weighted by Gasteiger charge is 2.22. The van der Waals surface area contributed by atoms with E-state index in [1.165, 1.54) is 38.5 Å². The summed E-state index contributed by atoms with van der Waals surface area (Å²) in [6, 6.07) is 0.338. The molecule has 1 aromatic rings. The van der Waals surface area contributed by atoms with Gasteiger partial charge in [-0.2, -0.15) is 0 Å². The Bertz CT molecular complexity index is 327. The van der Waals surface area contributed by atoms with Crippen LogP contribution in [0.2, 0.25) is 0 Å². The van der Waals surface area contributed by atoms with Gasteiger partial charge in [0.05, 0.1) is 5.69 Å². The number of rotatable bonds is 4. The standard InChI is InChI=1S/C12H23N5/c1-17-9-11(15-16-17)8-12(14-13)10-6-4-2-3-5-7-10/h9-10,12,14H,2-8,13H2,1H3. The van der Waals surface area contributed by atoms with Gasteiger partial charge in [0.1, 0.15) is 0 Å². The lowest BCUT2D eigenvalue weighted by molar-refractivity contribution is 0.318. The van der Waals surface area contributed by atoms with Crippen molar-refractivity contribution in [2.45, 2.75) is 51.0 Å². The van der Waals surface area contributed by atoms with Crippen LogP contribution < -0.4 is 11.3 Å². The minimum absolute atomic E-state index is 0.338. The van der Waals surface area contributed by atoms with Crippen LogP contribution in [0.1, 0.15) is 44.2 Å². The molecule has 1 saturated carbocycles. The lowest BCUT2D eigenvalue weighted by atomic mass is 9.89. The first-order chi connectivity index (χ1) is 8.29. The van der Waals surface area contributed by atoms with Crippen LogP contribution in [-0.2, 0) is 13.5 Å². The van der Waals surface area contributed by atoms with Gasteiger partial charge in [-0.1, -0.05) is 30.9 Å². The normalized spacial score (nSPS) is 20.1. The Kier molecular flexibility index (Phi) is 4.50. The molecular formula is C12H23N5. The number of hydrogen-bond donors (Lipinski definition) is 2. The van der Waals surface area contributed by atoms with E-state index in [4.69, 9.17) is 5.84 Å². The van der Waals surface area contributed by atoms with E-state index in [2.05, 4.69) is 15.7 Å². The topological polar surface area (TPSA) is 68.8 Å². The largest absolute Gasteiger partial charge is 0.271 e. The van der Waals surface area contributed by atoms with Gasteiger partial charge in [-0.05, 0) is 18.8 Å². The maximum Gasteiger partial charge on any atom is 0.0843 e. The maximum absolute atomic E-state index is 5.70. The SMILES string of the molecule is Cn1cc(CC(NN)C2CCCCCC2)nn1. The van der Waals surface area contributed by atoms with E-state index in [9.17, 15) is 0 Å². The van der Waals surface area contributed by atoms with E-state index < -0.39 is 0 Å². The third-order valence-electron chi connectivity index (χ3n) is 3.76. The molecule has 1 heterocycles. The summed E-state index contributed by atoms with van der Waals surface area (Å²) in [5.74, 6) is 6.39. The zero-order valence-electron chi connectivity index (χ0n) is 10.6. The van der Waals surface area contributed by atoms with Crippen molar-refractivity contribution in [2.24, 2.45) is 18.8 Å². The molecule has 0 aliphatic heterocycles. The molecule has 0 bridgehead atoms. The molecule has 0 radical (unpaired) electrons. The summed E-state index contributed by atoms with van der Waals surface area (Å²) < 4.78 is 1.75. The average molecular weight is 237 g/mol. The molecule has 1 aliphatic rings. The Hall–Kier alpha value is -0.940. The fourth-order valence-electron chi connectivity index (χ4n) is 2.79. The quantitative estimate of drug-likeness (QED) is 0.468. The van der Waals surface area contributed by atoms with E-state index in [0.29, 0.717) is 12.0 Å². The van der Waals surface area contributed by atoms with Crippen molar-refractivity contribution < 1.29 is 0 Å². The van der Waals surface area contributed by atoms with Crippen molar-refractivity contribution in [1.82, 2.24) is 20.4 Å². The van der Waals surface area contributed by atoms with Crippen molar-refractivity contribution >= 4 is 0 Å². The lowest BCUT2D eigenvalue weighted by Gasteiger charge is -2.24. The summed E-state index contributed by atoms with van der Waals surface area (Å²) in [6.45, 7) is 0. The van der Waals surface area contributed by atoms with E-state index in [1.54, 1.807) is 4.68 Å². The summed E-state index contributed by atoms with van der Waals surface area (Å²) in [5.41, 5.74) is 4.01. The third-order valence-corrected chi connectivity index (χ3v) is 3.76. The minimum atomic E-state index is 0.338. The molecule has 0 spiro atoms. The Balaban J connectivity index is 1.95. The van der Waals surface area contributed by atoms with E-state index in [1.807, 2.05) is 13.2 Å². The highest BCUT2D eigenvalue weighted by Crippen LogP contribution is 2.26. The highest BCUT2D eigenvalue weighted by molar-refractivity contribution is 4.97. The van der Waals surface area contributed by atoms with Gasteiger partial charge < -0.3 is 0 Å². The second-order valence-electron chi connectivity index (χ2n) is 5.11. The van der Waals surface area contributed by atoms with Crippen molar-refractivity contribution in [1.29, 1.82) is 0 Å². The Labute approximate surface area is 103 Å². The smallest absolute Gasteiger partial charge is 0.0843 e. The van der Waals surface area contributed by atoms with Gasteiger partial charge in [0.15, 0.2) is 0 Å². The predicted molar refractivity (Wildman–Crippen MR) is 67.0 cm³/mol. The molecule has 1 atom stereocenters. The number of aromatic nitrogens is 3. The molecule has 2 rings (SSSR count). The first-order valence-electron chi connectivity index (χ1n) is 6.61. The molecule has 1 fully saturated rings. The molecule has 0 saturated heterocycles. The van der Waals surface area contributed by atoms with Gasteiger partial charge in [-0.15, -0.1) is 5.10 Å². The number of nitrogens with one attached hydrogen (secondary N) is 1. The number of aryl methyl sites for hydroxylation is 1. The summed E-state index contributed by atoms with van der Waals surface area (Å²) in [6.07, 6.45) is 10.9. The van der Waals surface area contributed by atoms with Crippen LogP contribution in [0.5, 0.6) is 0 Å². The fourth-order valence-corrected chi connectivity index (χ4v) is 2.79. The predicted octanol–water partition coefficient (Wildman–Crippen LogP) is 1.16. The van der Waals surface area contributed by atoms with E-state index in [0.717, 1.165) is 12.1 Å². The molecule has 3 N–H and O–H groups in total. The summed E-state index contributed by atoms with van der Waals surface area (Å²) >= 11 is 0. The van der Waals surface area contributed by atoms with E-state index in [-0.39, 0.29) is 0 Å². The second kappa shape index (κ2) is 6.12. The molecule has 0 amide bonds. The van der Waals surface area contributed by atoms with Crippen LogP contribution in [-0.4, -0.2) is 21.0 Å². The summed E-state index contributed by atoms with van der Waals surface area (Å²) in [5, 5.41) is 8.10. The number of hydrazine groups is 1. The third kappa shape index (κ3) is 3.51. The van der Waals surface area contributed by atoms with Crippen molar-refractivity contribution in [3.8, 4) is 0 Å². The molecule has 1 unspecified atom stereocenters. The van der Waals surface area contributed by atoms with Crippen LogP contribution in [0, 0.1) is 5.92 Å².